The number of anilines is 1. The van der Waals surface area contributed by atoms with E-state index in [0.717, 1.165) is 6.08 Å². The van der Waals surface area contributed by atoms with Crippen molar-refractivity contribution >= 4 is 23.3 Å². The van der Waals surface area contributed by atoms with Crippen LogP contribution in [0.25, 0.3) is 0 Å². The molecule has 0 bridgehead atoms. The van der Waals surface area contributed by atoms with Gasteiger partial charge >= 0.3 is 0 Å². The number of halogens is 3. The fourth-order valence-corrected chi connectivity index (χ4v) is 4.53. The van der Waals surface area contributed by atoms with Crippen LogP contribution >= 0.6 is 0 Å². The van der Waals surface area contributed by atoms with Crippen LogP contribution in [0.4, 0.5) is 18.9 Å². The molecule has 1 fully saturated rings. The number of nitrogens with zero attached hydrogens (tertiary/aromatic N) is 3. The van der Waals surface area contributed by atoms with E-state index < -0.39 is 18.3 Å². The lowest BCUT2D eigenvalue weighted by Gasteiger charge is -2.31. The van der Waals surface area contributed by atoms with Crippen molar-refractivity contribution in [3.05, 3.63) is 102 Å². The van der Waals surface area contributed by atoms with Crippen molar-refractivity contribution in [2.75, 3.05) is 18.4 Å². The number of hydrogen-bond donors (Lipinski definition) is 1. The van der Waals surface area contributed by atoms with Gasteiger partial charge < -0.3 is 15.0 Å². The smallest absolute Gasteiger partial charge is 0.274 e. The van der Waals surface area contributed by atoms with Gasteiger partial charge in [0.25, 0.3) is 17.7 Å². The zero-order chi connectivity index (χ0) is 29.0. The number of ether oxygens (including phenoxy) is 1. The monoisotopic (exact) mass is 562 g/mol. The van der Waals surface area contributed by atoms with Gasteiger partial charge in [0.2, 0.25) is 5.88 Å². The summed E-state index contributed by atoms with van der Waals surface area (Å²) >= 11 is 0. The van der Waals surface area contributed by atoms with Gasteiger partial charge in [-0.1, -0.05) is 6.08 Å². The van der Waals surface area contributed by atoms with Crippen LogP contribution in [-0.2, 0) is 4.79 Å². The zero-order valence-corrected chi connectivity index (χ0v) is 21.7. The van der Waals surface area contributed by atoms with E-state index in [1.807, 2.05) is 0 Å². The van der Waals surface area contributed by atoms with E-state index in [4.69, 9.17) is 4.74 Å². The molecule has 3 aromatic rings. The highest BCUT2D eigenvalue weighted by Crippen LogP contribution is 2.30. The van der Waals surface area contributed by atoms with E-state index in [1.165, 1.54) is 60.9 Å². The van der Waals surface area contributed by atoms with Crippen LogP contribution in [0.1, 0.15) is 40.1 Å². The number of carbonyl (C=O) groups excluding carboxylic acids is 3. The summed E-state index contributed by atoms with van der Waals surface area (Å²) in [6.07, 6.45) is 6.32. The number of benzene rings is 1. The van der Waals surface area contributed by atoms with Crippen molar-refractivity contribution in [2.45, 2.75) is 25.2 Å². The maximum atomic E-state index is 13.3. The molecule has 41 heavy (non-hydrogen) atoms. The van der Waals surface area contributed by atoms with Gasteiger partial charge in [0.05, 0.1) is 17.4 Å². The Morgan fingerprint density at radius 1 is 0.951 bits per heavy atom. The van der Waals surface area contributed by atoms with Crippen LogP contribution in [0, 0.1) is 11.7 Å². The molecule has 1 aliphatic carbocycles. The van der Waals surface area contributed by atoms with Crippen LogP contribution in [0.2, 0.25) is 0 Å². The Labute approximate surface area is 233 Å². The van der Waals surface area contributed by atoms with Gasteiger partial charge in [-0.2, -0.15) is 0 Å². The first-order chi connectivity index (χ1) is 19.7. The van der Waals surface area contributed by atoms with Gasteiger partial charge in [0, 0.05) is 43.3 Å². The molecule has 210 valence electrons. The highest BCUT2D eigenvalue weighted by Gasteiger charge is 2.32. The Morgan fingerprint density at radius 2 is 1.71 bits per heavy atom. The Balaban J connectivity index is 1.11. The second-order valence-corrected chi connectivity index (χ2v) is 9.72. The lowest BCUT2D eigenvalue weighted by atomic mass is 9.86. The first kappa shape index (κ1) is 27.8. The minimum Gasteiger partial charge on any atom is -0.439 e. The molecular formula is C30H25F3N4O4. The molecule has 1 aromatic carbocycles. The zero-order valence-electron chi connectivity index (χ0n) is 21.7. The number of amides is 2. The number of aromatic nitrogens is 2. The summed E-state index contributed by atoms with van der Waals surface area (Å²) in [5, 5.41) is 2.67. The number of carbonyl (C=O) groups is 3. The fraction of sp³-hybridized carbons (Fsp3) is 0.233. The van der Waals surface area contributed by atoms with Crippen LogP contribution < -0.4 is 10.1 Å². The SMILES string of the molecule is O=C(Nc1ccc(Oc2ccc(F)cc2)nc1)c1ccc(C(=O)N2CCC(C(=O)C3=CCC(F)(F)C=C3)CC2)cn1. The lowest BCUT2D eigenvalue weighted by Crippen LogP contribution is -2.40. The highest BCUT2D eigenvalue weighted by atomic mass is 19.3. The summed E-state index contributed by atoms with van der Waals surface area (Å²) in [6.45, 7) is 0.691. The number of allylic oxidation sites excluding steroid dienone is 4. The first-order valence-corrected chi connectivity index (χ1v) is 12.9. The Hall–Kier alpha value is -4.80. The molecule has 0 spiro atoms. The van der Waals surface area contributed by atoms with Crippen molar-refractivity contribution in [1.29, 1.82) is 0 Å². The number of Topliss-reactive ketones (excluding diaryl/α,β-unsaturated/α-hetero) is 1. The summed E-state index contributed by atoms with van der Waals surface area (Å²) in [5.74, 6) is -3.90. The quantitative estimate of drug-likeness (QED) is 0.402. The molecule has 5 rings (SSSR count). The highest BCUT2D eigenvalue weighted by molar-refractivity contribution is 6.03. The summed E-state index contributed by atoms with van der Waals surface area (Å²) in [5.41, 5.74) is 1.09. The van der Waals surface area contributed by atoms with Crippen molar-refractivity contribution in [3.63, 3.8) is 0 Å². The van der Waals surface area contributed by atoms with Gasteiger partial charge in [-0.15, -0.1) is 0 Å². The van der Waals surface area contributed by atoms with E-state index in [2.05, 4.69) is 15.3 Å². The molecule has 0 atom stereocenters. The fourth-order valence-electron chi connectivity index (χ4n) is 4.53. The third-order valence-electron chi connectivity index (χ3n) is 6.81. The number of nitrogens with one attached hydrogen (secondary N) is 1. The third-order valence-corrected chi connectivity index (χ3v) is 6.81. The molecular weight excluding hydrogens is 537 g/mol. The second-order valence-electron chi connectivity index (χ2n) is 9.72. The van der Waals surface area contributed by atoms with E-state index in [9.17, 15) is 27.6 Å². The third kappa shape index (κ3) is 6.86. The van der Waals surface area contributed by atoms with E-state index in [0.29, 0.717) is 48.5 Å². The van der Waals surface area contributed by atoms with E-state index in [1.54, 1.807) is 17.0 Å². The molecule has 0 saturated carbocycles. The number of piperidine rings is 1. The predicted molar refractivity (Wildman–Crippen MR) is 143 cm³/mol. The summed E-state index contributed by atoms with van der Waals surface area (Å²) in [4.78, 5) is 48.1. The molecule has 2 amide bonds. The van der Waals surface area contributed by atoms with Gasteiger partial charge in [-0.3, -0.25) is 19.4 Å². The number of alkyl halides is 2. The molecule has 0 radical (unpaired) electrons. The topological polar surface area (TPSA) is 101 Å². The lowest BCUT2D eigenvalue weighted by molar-refractivity contribution is -0.120. The molecule has 8 nitrogen and oxygen atoms in total. The number of rotatable bonds is 7. The Kier molecular flexibility index (Phi) is 7.95. The van der Waals surface area contributed by atoms with Gasteiger partial charge in [-0.05, 0) is 67.5 Å². The molecule has 1 aliphatic heterocycles. The summed E-state index contributed by atoms with van der Waals surface area (Å²) in [7, 11) is 0. The molecule has 3 heterocycles. The number of pyridine rings is 2. The first-order valence-electron chi connectivity index (χ1n) is 12.9. The van der Waals surface area contributed by atoms with Crippen molar-refractivity contribution in [1.82, 2.24) is 14.9 Å². The normalized spacial score (nSPS) is 16.6. The van der Waals surface area contributed by atoms with Crippen molar-refractivity contribution in [3.8, 4) is 11.6 Å². The largest absolute Gasteiger partial charge is 0.439 e. The summed E-state index contributed by atoms with van der Waals surface area (Å²) in [6, 6.07) is 11.6. The molecule has 2 aromatic heterocycles. The average molecular weight is 563 g/mol. The van der Waals surface area contributed by atoms with E-state index >= 15 is 0 Å². The van der Waals surface area contributed by atoms with Crippen molar-refractivity contribution < 1.29 is 32.3 Å². The number of hydrogen-bond acceptors (Lipinski definition) is 6. The molecule has 1 N–H and O–H groups in total. The summed E-state index contributed by atoms with van der Waals surface area (Å²) < 4.78 is 45.2. The Morgan fingerprint density at radius 3 is 2.32 bits per heavy atom. The maximum Gasteiger partial charge on any atom is 0.274 e. The van der Waals surface area contributed by atoms with Gasteiger partial charge in [0.15, 0.2) is 5.78 Å². The minimum absolute atomic E-state index is 0.0943. The van der Waals surface area contributed by atoms with Crippen LogP contribution in [0.3, 0.4) is 0 Å². The molecule has 1 saturated heterocycles. The number of ketones is 1. The van der Waals surface area contributed by atoms with Gasteiger partial charge in [0.1, 0.15) is 17.3 Å². The molecule has 0 unspecified atom stereocenters. The Bertz CT molecular complexity index is 1500. The number of likely N-dealkylation sites (tertiary alicyclic amines) is 1. The van der Waals surface area contributed by atoms with Crippen molar-refractivity contribution in [2.24, 2.45) is 5.92 Å². The predicted octanol–water partition coefficient (Wildman–Crippen LogP) is 5.60. The maximum absolute atomic E-state index is 13.3. The van der Waals surface area contributed by atoms with Crippen LogP contribution in [0.15, 0.2) is 84.7 Å². The van der Waals surface area contributed by atoms with E-state index in [-0.39, 0.29) is 35.0 Å². The van der Waals surface area contributed by atoms with Crippen LogP contribution in [-0.4, -0.2) is 51.5 Å². The minimum atomic E-state index is -2.92. The standard InChI is InChI=1S/C30H25F3N4O4/c31-22-2-5-24(6-3-22)41-26-8-4-23(18-35-26)36-28(39)25-7-1-21(17-34-25)29(40)37-15-11-20(12-16-37)27(38)19-9-13-30(32,33)14-10-19/h1-10,13,17-18,20H,11-12,14-16H2,(H,36,39). The molecule has 2 aliphatic rings. The van der Waals surface area contributed by atoms with Crippen LogP contribution in [0.5, 0.6) is 11.6 Å². The average Bonchev–Trinajstić information content (AvgIpc) is 2.99. The molecule has 11 heteroatoms. The van der Waals surface area contributed by atoms with Gasteiger partial charge in [-0.25, -0.2) is 18.2 Å². The second kappa shape index (κ2) is 11.7.